The lowest BCUT2D eigenvalue weighted by molar-refractivity contribution is -0.145. The second-order valence-electron chi connectivity index (χ2n) is 5.73. The van der Waals surface area contributed by atoms with Crippen LogP contribution in [0.4, 0.5) is 0 Å². The molecule has 26 heavy (non-hydrogen) atoms. The van der Waals surface area contributed by atoms with Gasteiger partial charge in [-0.25, -0.2) is 8.42 Å². The largest absolute Gasteiger partial charge is 0.465 e. The molecule has 6 nitrogen and oxygen atoms in total. The number of hydrogen-bond acceptors (Lipinski definition) is 5. The summed E-state index contributed by atoms with van der Waals surface area (Å²) in [5, 5.41) is 0. The van der Waals surface area contributed by atoms with Crippen LogP contribution in [0.1, 0.15) is 29.3 Å². The van der Waals surface area contributed by atoms with E-state index in [1.807, 2.05) is 6.92 Å². The van der Waals surface area contributed by atoms with Gasteiger partial charge in [-0.15, -0.1) is 0 Å². The number of Topliss-reactive ketones (excluding diaryl/α,β-unsaturated/α-hetero) is 1. The van der Waals surface area contributed by atoms with Gasteiger partial charge in [0.05, 0.1) is 11.5 Å². The summed E-state index contributed by atoms with van der Waals surface area (Å²) in [5.41, 5.74) is 1.31. The first-order chi connectivity index (χ1) is 12.3. The minimum atomic E-state index is -3.97. The molecule has 2 aromatic carbocycles. The van der Waals surface area contributed by atoms with Gasteiger partial charge in [0.15, 0.2) is 5.78 Å². The molecule has 0 saturated carbocycles. The maximum Gasteiger partial charge on any atom is 0.324 e. The van der Waals surface area contributed by atoms with E-state index in [0.29, 0.717) is 5.56 Å². The number of nitrogens with one attached hydrogen (secondary N) is 1. The lowest BCUT2D eigenvalue weighted by atomic mass is 10.0. The number of benzene rings is 2. The number of ether oxygens (including phenoxy) is 1. The number of carbonyl (C=O) groups excluding carboxylic acids is 2. The number of sulfonamides is 1. The number of hydrogen-bond donors (Lipinski definition) is 1. The SMILES string of the molecule is CCOC(=O)[C@H](CC(=O)c1ccccc1)NS(=O)(=O)c1ccc(C)cc1. The monoisotopic (exact) mass is 375 g/mol. The van der Waals surface area contributed by atoms with Crippen LogP contribution < -0.4 is 4.72 Å². The first-order valence-corrected chi connectivity index (χ1v) is 9.65. The molecule has 7 heteroatoms. The van der Waals surface area contributed by atoms with Crippen molar-refractivity contribution in [1.29, 1.82) is 0 Å². The summed E-state index contributed by atoms with van der Waals surface area (Å²) in [4.78, 5) is 24.6. The molecule has 0 spiro atoms. The Kier molecular flexibility index (Phi) is 6.65. The Bertz CT molecular complexity index is 861. The van der Waals surface area contributed by atoms with Gasteiger partial charge in [-0.2, -0.15) is 4.72 Å². The zero-order valence-electron chi connectivity index (χ0n) is 14.6. The van der Waals surface area contributed by atoms with Gasteiger partial charge >= 0.3 is 5.97 Å². The lowest BCUT2D eigenvalue weighted by Gasteiger charge is -2.17. The van der Waals surface area contributed by atoms with E-state index in [4.69, 9.17) is 4.74 Å². The van der Waals surface area contributed by atoms with Gasteiger partial charge in [-0.1, -0.05) is 48.0 Å². The highest BCUT2D eigenvalue weighted by Gasteiger charge is 2.29. The highest BCUT2D eigenvalue weighted by atomic mass is 32.2. The molecule has 2 aromatic rings. The average Bonchev–Trinajstić information content (AvgIpc) is 2.62. The molecule has 0 fully saturated rings. The molecule has 0 saturated heterocycles. The number of carbonyl (C=O) groups is 2. The topological polar surface area (TPSA) is 89.5 Å². The number of ketones is 1. The summed E-state index contributed by atoms with van der Waals surface area (Å²) < 4.78 is 32.3. The van der Waals surface area contributed by atoms with Crippen molar-refractivity contribution in [3.63, 3.8) is 0 Å². The molecule has 1 atom stereocenters. The van der Waals surface area contributed by atoms with Crippen molar-refractivity contribution in [3.8, 4) is 0 Å². The van der Waals surface area contributed by atoms with Gasteiger partial charge < -0.3 is 4.74 Å². The maximum atomic E-state index is 12.6. The van der Waals surface area contributed by atoms with Gasteiger partial charge in [0.2, 0.25) is 10.0 Å². The standard InChI is InChI=1S/C19H21NO5S/c1-3-25-19(22)17(13-18(21)15-7-5-4-6-8-15)20-26(23,24)16-11-9-14(2)10-12-16/h4-12,17,20H,3,13H2,1-2H3/t17-/m0/s1. The molecular formula is C19H21NO5S. The van der Waals surface area contributed by atoms with Gasteiger partial charge in [-0.05, 0) is 26.0 Å². The molecule has 138 valence electrons. The van der Waals surface area contributed by atoms with Gasteiger partial charge in [0.25, 0.3) is 0 Å². The summed E-state index contributed by atoms with van der Waals surface area (Å²) in [6.07, 6.45) is -0.325. The predicted octanol–water partition coefficient (Wildman–Crippen LogP) is 2.48. The van der Waals surface area contributed by atoms with E-state index in [1.54, 1.807) is 49.4 Å². The molecule has 0 radical (unpaired) electrons. The smallest absolute Gasteiger partial charge is 0.324 e. The van der Waals surface area contributed by atoms with E-state index in [0.717, 1.165) is 5.56 Å². The van der Waals surface area contributed by atoms with E-state index in [9.17, 15) is 18.0 Å². The molecule has 0 heterocycles. The third-order valence-corrected chi connectivity index (χ3v) is 5.17. The second kappa shape index (κ2) is 8.73. The Morgan fingerprint density at radius 2 is 1.65 bits per heavy atom. The molecule has 1 N–H and O–H groups in total. The van der Waals surface area contributed by atoms with Crippen LogP contribution in [0.3, 0.4) is 0 Å². The number of esters is 1. The van der Waals surface area contributed by atoms with Crippen LogP contribution in [-0.4, -0.2) is 32.8 Å². The van der Waals surface area contributed by atoms with E-state index in [-0.39, 0.29) is 23.7 Å². The van der Waals surface area contributed by atoms with E-state index in [1.165, 1.54) is 12.1 Å². The zero-order valence-corrected chi connectivity index (χ0v) is 15.5. The van der Waals surface area contributed by atoms with Crippen LogP contribution in [-0.2, 0) is 19.6 Å². The van der Waals surface area contributed by atoms with Gasteiger partial charge in [-0.3, -0.25) is 9.59 Å². The summed E-state index contributed by atoms with van der Waals surface area (Å²) in [7, 11) is -3.97. The molecule has 0 aliphatic carbocycles. The molecule has 0 amide bonds. The van der Waals surface area contributed by atoms with E-state index in [2.05, 4.69) is 4.72 Å². The van der Waals surface area contributed by atoms with Crippen LogP contribution in [0.2, 0.25) is 0 Å². The molecule has 0 bridgehead atoms. The van der Waals surface area contributed by atoms with Crippen molar-refractivity contribution in [2.24, 2.45) is 0 Å². The highest BCUT2D eigenvalue weighted by molar-refractivity contribution is 7.89. The van der Waals surface area contributed by atoms with Crippen molar-refractivity contribution < 1.29 is 22.7 Å². The first kappa shape index (κ1) is 19.8. The molecule has 0 unspecified atom stereocenters. The third kappa shape index (κ3) is 5.24. The van der Waals surface area contributed by atoms with Crippen LogP contribution >= 0.6 is 0 Å². The molecule has 0 aromatic heterocycles. The van der Waals surface area contributed by atoms with E-state index >= 15 is 0 Å². The Balaban J connectivity index is 2.23. The van der Waals surface area contributed by atoms with Crippen molar-refractivity contribution in [2.45, 2.75) is 31.2 Å². The Morgan fingerprint density at radius 1 is 1.04 bits per heavy atom. The average molecular weight is 375 g/mol. The Hall–Kier alpha value is -2.51. The molecule has 0 aliphatic heterocycles. The predicted molar refractivity (Wildman–Crippen MR) is 97.3 cm³/mol. The quantitative estimate of drug-likeness (QED) is 0.565. The Morgan fingerprint density at radius 3 is 2.23 bits per heavy atom. The fourth-order valence-corrected chi connectivity index (χ4v) is 3.50. The molecular weight excluding hydrogens is 354 g/mol. The molecule has 2 rings (SSSR count). The van der Waals surface area contributed by atoms with Crippen LogP contribution in [0.15, 0.2) is 59.5 Å². The number of rotatable bonds is 8. The van der Waals surface area contributed by atoms with Crippen LogP contribution in [0, 0.1) is 6.92 Å². The Labute approximate surface area is 153 Å². The van der Waals surface area contributed by atoms with Gasteiger partial charge in [0, 0.05) is 12.0 Å². The summed E-state index contributed by atoms with van der Waals surface area (Å²) >= 11 is 0. The van der Waals surface area contributed by atoms with Crippen molar-refractivity contribution >= 4 is 21.8 Å². The fraction of sp³-hybridized carbons (Fsp3) is 0.263. The highest BCUT2D eigenvalue weighted by Crippen LogP contribution is 2.13. The normalized spacial score (nSPS) is 12.4. The number of aryl methyl sites for hydroxylation is 1. The zero-order chi connectivity index (χ0) is 19.2. The van der Waals surface area contributed by atoms with Gasteiger partial charge in [0.1, 0.15) is 6.04 Å². The maximum absolute atomic E-state index is 12.6. The van der Waals surface area contributed by atoms with Crippen LogP contribution in [0.25, 0.3) is 0 Å². The van der Waals surface area contributed by atoms with Crippen molar-refractivity contribution in [2.75, 3.05) is 6.61 Å². The summed E-state index contributed by atoms with van der Waals surface area (Å²) in [6, 6.07) is 13.3. The summed E-state index contributed by atoms with van der Waals surface area (Å²) in [5.74, 6) is -1.14. The minimum absolute atomic E-state index is 0.0181. The second-order valence-corrected chi connectivity index (χ2v) is 7.45. The molecule has 0 aliphatic rings. The van der Waals surface area contributed by atoms with Crippen LogP contribution in [0.5, 0.6) is 0 Å². The van der Waals surface area contributed by atoms with Crippen molar-refractivity contribution in [1.82, 2.24) is 4.72 Å². The van der Waals surface area contributed by atoms with E-state index < -0.39 is 22.0 Å². The minimum Gasteiger partial charge on any atom is -0.465 e. The lowest BCUT2D eigenvalue weighted by Crippen LogP contribution is -2.43. The van der Waals surface area contributed by atoms with Crippen molar-refractivity contribution in [3.05, 3.63) is 65.7 Å². The first-order valence-electron chi connectivity index (χ1n) is 8.17. The summed E-state index contributed by atoms with van der Waals surface area (Å²) in [6.45, 7) is 3.54. The third-order valence-electron chi connectivity index (χ3n) is 3.69. The fourth-order valence-electron chi connectivity index (χ4n) is 2.32.